The number of sulfone groups is 1. The van der Waals surface area contributed by atoms with Crippen molar-refractivity contribution in [3.63, 3.8) is 0 Å². The lowest BCUT2D eigenvalue weighted by molar-refractivity contribution is 0.0746. The van der Waals surface area contributed by atoms with E-state index in [4.69, 9.17) is 0 Å². The average molecular weight is 488 g/mol. The first-order chi connectivity index (χ1) is 16.1. The minimum atomic E-state index is -3.47. The molecule has 0 radical (unpaired) electrons. The van der Waals surface area contributed by atoms with E-state index in [1.54, 1.807) is 29.2 Å². The van der Waals surface area contributed by atoms with Crippen molar-refractivity contribution < 1.29 is 22.4 Å². The summed E-state index contributed by atoms with van der Waals surface area (Å²) in [5, 5.41) is 0. The van der Waals surface area contributed by atoms with Crippen LogP contribution >= 0.6 is 0 Å². The summed E-state index contributed by atoms with van der Waals surface area (Å²) < 4.78 is 39.0. The molecule has 0 spiro atoms. The number of rotatable bonds is 5. The van der Waals surface area contributed by atoms with Crippen LogP contribution in [0.15, 0.2) is 41.3 Å². The van der Waals surface area contributed by atoms with Crippen LogP contribution in [0.4, 0.5) is 15.8 Å². The molecule has 0 aromatic heterocycles. The minimum Gasteiger partial charge on any atom is -0.368 e. The van der Waals surface area contributed by atoms with Crippen molar-refractivity contribution in [3.8, 4) is 0 Å². The number of carbonyl (C=O) groups is 2. The molecule has 2 fully saturated rings. The molecule has 182 valence electrons. The fourth-order valence-electron chi connectivity index (χ4n) is 4.76. The Balaban J connectivity index is 1.56. The van der Waals surface area contributed by atoms with Crippen LogP contribution in [-0.4, -0.2) is 70.0 Å². The van der Waals surface area contributed by atoms with Crippen LogP contribution < -0.4 is 9.80 Å². The van der Waals surface area contributed by atoms with Gasteiger partial charge in [-0.25, -0.2) is 12.8 Å². The van der Waals surface area contributed by atoms with Crippen LogP contribution in [0.5, 0.6) is 0 Å². The summed E-state index contributed by atoms with van der Waals surface area (Å²) in [6.07, 6.45) is 3.18. The van der Waals surface area contributed by atoms with Gasteiger partial charge in [0.15, 0.2) is 15.6 Å². The molecule has 1 unspecified atom stereocenters. The van der Waals surface area contributed by atoms with Gasteiger partial charge in [0.25, 0.3) is 5.91 Å². The maximum absolute atomic E-state index is 14.6. The predicted molar refractivity (Wildman–Crippen MR) is 130 cm³/mol. The number of benzene rings is 2. The van der Waals surface area contributed by atoms with Crippen molar-refractivity contribution in [2.24, 2.45) is 0 Å². The molecule has 9 heteroatoms. The molecule has 2 saturated heterocycles. The van der Waals surface area contributed by atoms with Crippen molar-refractivity contribution in [3.05, 3.63) is 53.3 Å². The Bertz CT molecular complexity index is 1220. The van der Waals surface area contributed by atoms with Crippen molar-refractivity contribution in [2.75, 3.05) is 48.8 Å². The monoisotopic (exact) mass is 487 g/mol. The summed E-state index contributed by atoms with van der Waals surface area (Å²) in [7, 11) is -3.47. The van der Waals surface area contributed by atoms with E-state index in [2.05, 4.69) is 11.8 Å². The second kappa shape index (κ2) is 9.37. The predicted octanol–water partition coefficient (Wildman–Crippen LogP) is 3.38. The first-order valence-corrected chi connectivity index (χ1v) is 13.4. The van der Waals surface area contributed by atoms with Gasteiger partial charge in [0.05, 0.1) is 16.1 Å². The number of amides is 1. The van der Waals surface area contributed by atoms with E-state index in [9.17, 15) is 22.4 Å². The molecule has 2 heterocycles. The highest BCUT2D eigenvalue weighted by molar-refractivity contribution is 7.90. The Labute approximate surface area is 200 Å². The maximum atomic E-state index is 14.6. The molecular formula is C25H30FN3O4S. The Hall–Kier alpha value is -2.94. The number of anilines is 2. The topological polar surface area (TPSA) is 78.0 Å². The molecule has 1 amide bonds. The second-order valence-corrected chi connectivity index (χ2v) is 11.2. The Morgan fingerprint density at radius 3 is 2.21 bits per heavy atom. The van der Waals surface area contributed by atoms with E-state index in [1.807, 2.05) is 4.90 Å². The third-order valence-electron chi connectivity index (χ3n) is 6.75. The third kappa shape index (κ3) is 4.80. The number of carbonyl (C=O) groups excluding carboxylic acids is 2. The van der Waals surface area contributed by atoms with Crippen molar-refractivity contribution in [1.82, 2.24) is 4.90 Å². The zero-order chi connectivity index (χ0) is 24.6. The Morgan fingerprint density at radius 2 is 1.65 bits per heavy atom. The third-order valence-corrected chi connectivity index (χ3v) is 7.86. The summed E-state index contributed by atoms with van der Waals surface area (Å²) in [5.74, 6) is -0.870. The lowest BCUT2D eigenvalue weighted by atomic mass is 10.1. The van der Waals surface area contributed by atoms with Gasteiger partial charge in [-0.05, 0) is 63.1 Å². The standard InChI is InChI=1S/C25H30FN3O4S/c1-17-5-4-10-29(17)23-9-7-20(34(3,32)33)16-21(23)25(31)28-13-11-27(12-14-28)24-8-6-19(18(2)30)15-22(24)26/h6-9,15-17H,4-5,10-14H2,1-3H3. The van der Waals surface area contributed by atoms with E-state index >= 15 is 0 Å². The van der Waals surface area contributed by atoms with Gasteiger partial charge in [0.1, 0.15) is 5.82 Å². The van der Waals surface area contributed by atoms with Crippen LogP contribution in [0.3, 0.4) is 0 Å². The number of ketones is 1. The molecule has 2 aromatic carbocycles. The number of piperazine rings is 1. The zero-order valence-electron chi connectivity index (χ0n) is 19.8. The zero-order valence-corrected chi connectivity index (χ0v) is 20.6. The van der Waals surface area contributed by atoms with Gasteiger partial charge in [0, 0.05) is 56.3 Å². The van der Waals surface area contributed by atoms with Crippen molar-refractivity contribution in [2.45, 2.75) is 37.6 Å². The molecule has 0 bridgehead atoms. The molecule has 1 atom stereocenters. The van der Waals surface area contributed by atoms with Gasteiger partial charge in [-0.1, -0.05) is 0 Å². The van der Waals surface area contributed by atoms with Gasteiger partial charge >= 0.3 is 0 Å². The van der Waals surface area contributed by atoms with E-state index in [0.717, 1.165) is 31.3 Å². The summed E-state index contributed by atoms with van der Waals surface area (Å²) in [4.78, 5) is 30.9. The van der Waals surface area contributed by atoms with E-state index in [1.165, 1.54) is 19.1 Å². The molecule has 0 saturated carbocycles. The van der Waals surface area contributed by atoms with Crippen LogP contribution in [-0.2, 0) is 9.84 Å². The smallest absolute Gasteiger partial charge is 0.256 e. The largest absolute Gasteiger partial charge is 0.368 e. The summed E-state index contributed by atoms with van der Waals surface area (Å²) >= 11 is 0. The second-order valence-electron chi connectivity index (χ2n) is 9.14. The number of halogens is 1. The summed E-state index contributed by atoms with van der Waals surface area (Å²) in [6, 6.07) is 9.53. The maximum Gasteiger partial charge on any atom is 0.256 e. The fourth-order valence-corrected chi connectivity index (χ4v) is 5.41. The van der Waals surface area contributed by atoms with Gasteiger partial charge in [-0.2, -0.15) is 0 Å². The normalized spacial score (nSPS) is 18.9. The molecule has 34 heavy (non-hydrogen) atoms. The molecule has 4 rings (SSSR count). The van der Waals surface area contributed by atoms with Gasteiger partial charge in [-0.15, -0.1) is 0 Å². The van der Waals surface area contributed by atoms with Gasteiger partial charge in [-0.3, -0.25) is 9.59 Å². The van der Waals surface area contributed by atoms with Crippen molar-refractivity contribution in [1.29, 1.82) is 0 Å². The van der Waals surface area contributed by atoms with Gasteiger partial charge in [0.2, 0.25) is 0 Å². The van der Waals surface area contributed by atoms with E-state index < -0.39 is 15.7 Å². The molecule has 7 nitrogen and oxygen atoms in total. The van der Waals surface area contributed by atoms with Crippen LogP contribution in [0, 0.1) is 5.82 Å². The van der Waals surface area contributed by atoms with Crippen LogP contribution in [0.1, 0.15) is 47.4 Å². The number of Topliss-reactive ketones (excluding diaryl/α,β-unsaturated/α-hetero) is 1. The Kier molecular flexibility index (Phi) is 6.66. The average Bonchev–Trinajstić information content (AvgIpc) is 3.23. The number of nitrogens with zero attached hydrogens (tertiary/aromatic N) is 3. The van der Waals surface area contributed by atoms with Crippen LogP contribution in [0.2, 0.25) is 0 Å². The molecule has 2 aromatic rings. The quantitative estimate of drug-likeness (QED) is 0.602. The molecule has 0 aliphatic carbocycles. The Morgan fingerprint density at radius 1 is 0.971 bits per heavy atom. The van der Waals surface area contributed by atoms with Gasteiger partial charge < -0.3 is 14.7 Å². The first kappa shape index (κ1) is 24.2. The SMILES string of the molecule is CC(=O)c1ccc(N2CCN(C(=O)c3cc(S(C)(=O)=O)ccc3N3CCCC3C)CC2)c(F)c1. The fraction of sp³-hybridized carbons (Fsp3) is 0.440. The molecule has 0 N–H and O–H groups in total. The highest BCUT2D eigenvalue weighted by Gasteiger charge is 2.30. The molecular weight excluding hydrogens is 457 g/mol. The minimum absolute atomic E-state index is 0.123. The number of hydrogen-bond acceptors (Lipinski definition) is 6. The highest BCUT2D eigenvalue weighted by atomic mass is 32.2. The van der Waals surface area contributed by atoms with Crippen molar-refractivity contribution >= 4 is 32.9 Å². The molecule has 2 aliphatic heterocycles. The lowest BCUT2D eigenvalue weighted by Crippen LogP contribution is -2.49. The highest BCUT2D eigenvalue weighted by Crippen LogP contribution is 2.32. The number of hydrogen-bond donors (Lipinski definition) is 0. The molecule has 2 aliphatic rings. The summed E-state index contributed by atoms with van der Waals surface area (Å²) in [6.45, 7) is 5.95. The lowest BCUT2D eigenvalue weighted by Gasteiger charge is -2.37. The van der Waals surface area contributed by atoms with E-state index in [-0.39, 0.29) is 22.6 Å². The first-order valence-electron chi connectivity index (χ1n) is 11.5. The van der Waals surface area contributed by atoms with Crippen LogP contribution in [0.25, 0.3) is 0 Å². The summed E-state index contributed by atoms with van der Waals surface area (Å²) in [5.41, 5.74) is 1.88. The van der Waals surface area contributed by atoms with E-state index in [0.29, 0.717) is 43.0 Å².